The van der Waals surface area contributed by atoms with E-state index in [1.54, 1.807) is 11.8 Å². The molecule has 1 N–H and O–H groups in total. The molecule has 1 atom stereocenters. The SMILES string of the molecule is CC1(c2cccc3ccccc23)NC(=O)N(CC(=O)N(Cc2ccccc2)C2CC2)C1=O. The maximum Gasteiger partial charge on any atom is 0.325 e. The normalized spacial score (nSPS) is 20.5. The maximum atomic E-state index is 13.5. The van der Waals surface area contributed by atoms with Crippen LogP contribution in [0.2, 0.25) is 0 Å². The van der Waals surface area contributed by atoms with Gasteiger partial charge in [0.05, 0.1) is 0 Å². The van der Waals surface area contributed by atoms with E-state index in [-0.39, 0.29) is 18.5 Å². The third-order valence-electron chi connectivity index (χ3n) is 6.40. The van der Waals surface area contributed by atoms with Crippen LogP contribution in [0.5, 0.6) is 0 Å². The minimum atomic E-state index is -1.22. The molecule has 1 unspecified atom stereocenters. The van der Waals surface area contributed by atoms with E-state index in [2.05, 4.69) is 5.32 Å². The Kier molecular flexibility index (Phi) is 4.93. The summed E-state index contributed by atoms with van der Waals surface area (Å²) in [5.74, 6) is -0.607. The molecule has 0 aromatic heterocycles. The highest BCUT2D eigenvalue weighted by Gasteiger charge is 2.50. The molecule has 3 aromatic rings. The van der Waals surface area contributed by atoms with Gasteiger partial charge >= 0.3 is 6.03 Å². The van der Waals surface area contributed by atoms with Crippen molar-refractivity contribution in [3.63, 3.8) is 0 Å². The van der Waals surface area contributed by atoms with Gasteiger partial charge in [-0.15, -0.1) is 0 Å². The van der Waals surface area contributed by atoms with E-state index in [1.807, 2.05) is 72.8 Å². The Morgan fingerprint density at radius 2 is 1.69 bits per heavy atom. The minimum absolute atomic E-state index is 0.174. The Balaban J connectivity index is 1.39. The van der Waals surface area contributed by atoms with Gasteiger partial charge in [0, 0.05) is 12.6 Å². The molecule has 3 aromatic carbocycles. The van der Waals surface area contributed by atoms with E-state index in [4.69, 9.17) is 0 Å². The van der Waals surface area contributed by atoms with Crippen LogP contribution < -0.4 is 5.32 Å². The molecule has 162 valence electrons. The molecule has 4 amide bonds. The third-order valence-corrected chi connectivity index (χ3v) is 6.40. The predicted octanol–water partition coefficient (Wildman–Crippen LogP) is 3.80. The lowest BCUT2D eigenvalue weighted by Gasteiger charge is -2.26. The van der Waals surface area contributed by atoms with Crippen molar-refractivity contribution in [2.45, 2.75) is 37.9 Å². The van der Waals surface area contributed by atoms with Crippen molar-refractivity contribution in [3.05, 3.63) is 83.9 Å². The highest BCUT2D eigenvalue weighted by atomic mass is 16.2. The average molecular weight is 428 g/mol. The number of urea groups is 1. The van der Waals surface area contributed by atoms with Gasteiger partial charge in [0.25, 0.3) is 5.91 Å². The molecule has 1 aliphatic heterocycles. The Hall–Kier alpha value is -3.67. The molecular formula is C26H25N3O3. The van der Waals surface area contributed by atoms with Crippen molar-refractivity contribution < 1.29 is 14.4 Å². The van der Waals surface area contributed by atoms with Crippen LogP contribution in [0.15, 0.2) is 72.8 Å². The fourth-order valence-electron chi connectivity index (χ4n) is 4.50. The number of fused-ring (bicyclic) bond motifs is 1. The molecule has 32 heavy (non-hydrogen) atoms. The van der Waals surface area contributed by atoms with Gasteiger partial charge in [0.15, 0.2) is 0 Å². The lowest BCUT2D eigenvalue weighted by Crippen LogP contribution is -2.45. The summed E-state index contributed by atoms with van der Waals surface area (Å²) in [7, 11) is 0. The van der Waals surface area contributed by atoms with Crippen LogP contribution in [0.25, 0.3) is 10.8 Å². The monoisotopic (exact) mass is 427 g/mol. The van der Waals surface area contributed by atoms with Gasteiger partial charge in [-0.1, -0.05) is 72.8 Å². The van der Waals surface area contributed by atoms with Crippen molar-refractivity contribution >= 4 is 28.6 Å². The highest BCUT2D eigenvalue weighted by Crippen LogP contribution is 2.34. The molecule has 6 nitrogen and oxygen atoms in total. The Morgan fingerprint density at radius 3 is 2.44 bits per heavy atom. The van der Waals surface area contributed by atoms with Crippen LogP contribution in [-0.2, 0) is 21.7 Å². The molecule has 6 heteroatoms. The van der Waals surface area contributed by atoms with Crippen molar-refractivity contribution in [2.24, 2.45) is 0 Å². The van der Waals surface area contributed by atoms with Crippen molar-refractivity contribution in [1.29, 1.82) is 0 Å². The summed E-state index contributed by atoms with van der Waals surface area (Å²) in [5, 5.41) is 4.74. The summed E-state index contributed by atoms with van der Waals surface area (Å²) in [6, 6.07) is 22.9. The van der Waals surface area contributed by atoms with Gasteiger partial charge in [0.2, 0.25) is 5.91 Å². The fourth-order valence-corrected chi connectivity index (χ4v) is 4.50. The Morgan fingerprint density at radius 1 is 1.00 bits per heavy atom. The minimum Gasteiger partial charge on any atom is -0.334 e. The van der Waals surface area contributed by atoms with E-state index in [1.165, 1.54) is 0 Å². The molecule has 1 heterocycles. The molecule has 5 rings (SSSR count). The molecule has 2 fully saturated rings. The van der Waals surface area contributed by atoms with E-state index < -0.39 is 17.5 Å². The van der Waals surface area contributed by atoms with E-state index in [0.29, 0.717) is 6.54 Å². The number of hydrogen-bond donors (Lipinski definition) is 1. The zero-order valence-corrected chi connectivity index (χ0v) is 18.0. The molecule has 1 aliphatic carbocycles. The van der Waals surface area contributed by atoms with Gasteiger partial charge in [-0.3, -0.25) is 14.5 Å². The van der Waals surface area contributed by atoms with Crippen molar-refractivity contribution in [3.8, 4) is 0 Å². The number of amides is 4. The quantitative estimate of drug-likeness (QED) is 0.609. The van der Waals surface area contributed by atoms with Crippen LogP contribution in [-0.4, -0.2) is 40.2 Å². The standard InChI is InChI=1S/C26H25N3O3/c1-26(22-13-7-11-19-10-5-6-12-21(19)22)24(31)29(25(32)27-26)17-23(30)28(20-14-15-20)16-18-8-3-2-4-9-18/h2-13,20H,14-17H2,1H3,(H,27,32). The lowest BCUT2D eigenvalue weighted by atomic mass is 9.88. The summed E-state index contributed by atoms with van der Waals surface area (Å²) in [6.45, 7) is 1.94. The summed E-state index contributed by atoms with van der Waals surface area (Å²) in [5.41, 5.74) is 0.542. The number of rotatable bonds is 6. The summed E-state index contributed by atoms with van der Waals surface area (Å²) in [6.07, 6.45) is 1.90. The second-order valence-corrected chi connectivity index (χ2v) is 8.71. The molecule has 1 saturated heterocycles. The smallest absolute Gasteiger partial charge is 0.325 e. The zero-order chi connectivity index (χ0) is 22.3. The number of carbonyl (C=O) groups excluding carboxylic acids is 3. The van der Waals surface area contributed by atoms with Crippen LogP contribution in [0.4, 0.5) is 4.79 Å². The number of carbonyl (C=O) groups is 3. The summed E-state index contributed by atoms with van der Waals surface area (Å²) < 4.78 is 0. The van der Waals surface area contributed by atoms with E-state index >= 15 is 0 Å². The van der Waals surface area contributed by atoms with Gasteiger partial charge in [-0.25, -0.2) is 4.79 Å². The second-order valence-electron chi connectivity index (χ2n) is 8.71. The highest BCUT2D eigenvalue weighted by molar-refractivity contribution is 6.10. The van der Waals surface area contributed by atoms with Gasteiger partial charge in [-0.2, -0.15) is 0 Å². The summed E-state index contributed by atoms with van der Waals surface area (Å²) in [4.78, 5) is 42.3. The molecule has 0 spiro atoms. The van der Waals surface area contributed by atoms with Gasteiger partial charge < -0.3 is 10.2 Å². The van der Waals surface area contributed by atoms with Crippen molar-refractivity contribution in [2.75, 3.05) is 6.54 Å². The first-order valence-electron chi connectivity index (χ1n) is 10.9. The van der Waals surface area contributed by atoms with Crippen LogP contribution >= 0.6 is 0 Å². The largest absolute Gasteiger partial charge is 0.334 e. The average Bonchev–Trinajstić information content (AvgIpc) is 3.62. The number of imide groups is 1. The van der Waals surface area contributed by atoms with Crippen LogP contribution in [0.1, 0.15) is 30.9 Å². The topological polar surface area (TPSA) is 69.7 Å². The maximum absolute atomic E-state index is 13.5. The van der Waals surface area contributed by atoms with Crippen LogP contribution in [0.3, 0.4) is 0 Å². The first-order valence-corrected chi connectivity index (χ1v) is 10.9. The van der Waals surface area contributed by atoms with E-state index in [0.717, 1.165) is 39.6 Å². The zero-order valence-electron chi connectivity index (χ0n) is 18.0. The predicted molar refractivity (Wildman–Crippen MR) is 122 cm³/mol. The fraction of sp³-hybridized carbons (Fsp3) is 0.269. The molecule has 1 saturated carbocycles. The molecule has 0 bridgehead atoms. The van der Waals surface area contributed by atoms with E-state index in [9.17, 15) is 14.4 Å². The molecule has 2 aliphatic rings. The van der Waals surface area contributed by atoms with Gasteiger partial charge in [0.1, 0.15) is 12.1 Å². The molecule has 0 radical (unpaired) electrons. The van der Waals surface area contributed by atoms with Crippen LogP contribution in [0, 0.1) is 0 Å². The number of nitrogens with zero attached hydrogens (tertiary/aromatic N) is 2. The van der Waals surface area contributed by atoms with Gasteiger partial charge in [-0.05, 0) is 41.7 Å². The van der Waals surface area contributed by atoms with Crippen molar-refractivity contribution in [1.82, 2.24) is 15.1 Å². The third kappa shape index (κ3) is 3.51. The first kappa shape index (κ1) is 20.2. The number of nitrogens with one attached hydrogen (secondary N) is 1. The second kappa shape index (κ2) is 7.79. The Labute approximate surface area is 186 Å². The Bertz CT molecular complexity index is 1200. The molecular weight excluding hydrogens is 402 g/mol. The lowest BCUT2D eigenvalue weighted by molar-refractivity contribution is -0.139. The number of hydrogen-bond acceptors (Lipinski definition) is 3. The first-order chi connectivity index (χ1) is 15.5. The number of benzene rings is 3. The summed E-state index contributed by atoms with van der Waals surface area (Å²) >= 11 is 0.